The van der Waals surface area contributed by atoms with Crippen molar-refractivity contribution in [2.45, 2.75) is 44.0 Å². The quantitative estimate of drug-likeness (QED) is 0.367. The minimum atomic E-state index is -1.51. The third kappa shape index (κ3) is 4.34. The van der Waals surface area contributed by atoms with Crippen molar-refractivity contribution < 1.29 is 20.4 Å². The molecule has 0 radical (unpaired) electrons. The molecule has 3 atom stereocenters. The zero-order chi connectivity index (χ0) is 11.4. The summed E-state index contributed by atoms with van der Waals surface area (Å²) in [7, 11) is 0. The topological polar surface area (TPSA) is 107 Å². The molecule has 0 saturated heterocycles. The van der Waals surface area contributed by atoms with E-state index in [4.69, 9.17) is 10.8 Å². The van der Waals surface area contributed by atoms with E-state index in [0.29, 0.717) is 13.0 Å². The lowest BCUT2D eigenvalue weighted by molar-refractivity contribution is -0.124. The molecule has 0 aliphatic carbocycles. The van der Waals surface area contributed by atoms with Gasteiger partial charge in [0.15, 0.2) is 0 Å². The van der Waals surface area contributed by atoms with Gasteiger partial charge in [-0.2, -0.15) is 0 Å². The zero-order valence-electron chi connectivity index (χ0n) is 8.77. The number of hydrogen-bond donors (Lipinski definition) is 5. The van der Waals surface area contributed by atoms with Crippen LogP contribution in [0.1, 0.15) is 26.7 Å². The van der Waals surface area contributed by atoms with Crippen LogP contribution in [0.25, 0.3) is 0 Å². The van der Waals surface area contributed by atoms with E-state index in [0.717, 1.165) is 0 Å². The maximum absolute atomic E-state index is 9.76. The van der Waals surface area contributed by atoms with Gasteiger partial charge in [0, 0.05) is 6.42 Å². The summed E-state index contributed by atoms with van der Waals surface area (Å²) in [6, 6.07) is 0. The molecule has 5 heteroatoms. The monoisotopic (exact) mass is 207 g/mol. The van der Waals surface area contributed by atoms with E-state index >= 15 is 0 Å². The smallest absolute Gasteiger partial charge is 0.105 e. The molecule has 86 valence electrons. The Balaban J connectivity index is 4.33. The van der Waals surface area contributed by atoms with Crippen molar-refractivity contribution >= 4 is 0 Å². The van der Waals surface area contributed by atoms with Gasteiger partial charge in [-0.3, -0.25) is 0 Å². The molecular weight excluding hydrogens is 186 g/mol. The second-order valence-electron chi connectivity index (χ2n) is 4.27. The van der Waals surface area contributed by atoms with Crippen LogP contribution >= 0.6 is 0 Å². The second kappa shape index (κ2) is 5.04. The number of nitrogens with two attached hydrogens (primary N) is 1. The molecular formula is C9H21NO4. The van der Waals surface area contributed by atoms with Crippen molar-refractivity contribution in [3.8, 4) is 0 Å². The van der Waals surface area contributed by atoms with E-state index < -0.39 is 23.9 Å². The molecule has 0 spiro atoms. The molecule has 0 rings (SSSR count). The van der Waals surface area contributed by atoms with Crippen LogP contribution in [0, 0.1) is 0 Å². The van der Waals surface area contributed by atoms with Crippen LogP contribution in [0.3, 0.4) is 0 Å². The molecule has 0 fully saturated rings. The summed E-state index contributed by atoms with van der Waals surface area (Å²) in [5.41, 5.74) is 2.65. The molecule has 0 saturated carbocycles. The first kappa shape index (κ1) is 13.8. The number of hydrogen-bond acceptors (Lipinski definition) is 5. The molecule has 0 amide bonds. The highest BCUT2D eigenvalue weighted by molar-refractivity contribution is 4.89. The van der Waals surface area contributed by atoms with Crippen molar-refractivity contribution in [3.63, 3.8) is 0 Å². The van der Waals surface area contributed by atoms with Gasteiger partial charge >= 0.3 is 0 Å². The first-order valence-corrected chi connectivity index (χ1v) is 4.69. The highest BCUT2D eigenvalue weighted by Gasteiger charge is 2.37. The average Bonchev–Trinajstić information content (AvgIpc) is 2.00. The fourth-order valence-electron chi connectivity index (χ4n) is 1.48. The fraction of sp³-hybridized carbons (Fsp3) is 1.00. The summed E-state index contributed by atoms with van der Waals surface area (Å²) >= 11 is 0. The molecule has 14 heavy (non-hydrogen) atoms. The van der Waals surface area contributed by atoms with Gasteiger partial charge in [0.25, 0.3) is 0 Å². The summed E-state index contributed by atoms with van der Waals surface area (Å²) < 4.78 is 0. The third-order valence-electron chi connectivity index (χ3n) is 2.31. The number of aliphatic hydroxyl groups excluding tert-OH is 2. The van der Waals surface area contributed by atoms with Gasteiger partial charge in [0.1, 0.15) is 6.10 Å². The Bertz CT molecular complexity index is 170. The SMILES string of the molecule is CC(O)(CCN)CC(C)(O)C(O)CO. The second-order valence-corrected chi connectivity index (χ2v) is 4.27. The first-order valence-electron chi connectivity index (χ1n) is 4.69. The van der Waals surface area contributed by atoms with Crippen LogP contribution < -0.4 is 5.73 Å². The van der Waals surface area contributed by atoms with E-state index in [2.05, 4.69) is 0 Å². The third-order valence-corrected chi connectivity index (χ3v) is 2.31. The van der Waals surface area contributed by atoms with E-state index in [-0.39, 0.29) is 6.42 Å². The van der Waals surface area contributed by atoms with Crippen molar-refractivity contribution in [1.82, 2.24) is 0 Å². The normalized spacial score (nSPS) is 22.5. The Labute approximate surface area is 84.2 Å². The molecule has 0 aliphatic heterocycles. The van der Waals surface area contributed by atoms with Gasteiger partial charge in [-0.1, -0.05) is 0 Å². The lowest BCUT2D eigenvalue weighted by atomic mass is 9.84. The molecule has 0 heterocycles. The minimum Gasteiger partial charge on any atom is -0.394 e. The lowest BCUT2D eigenvalue weighted by Crippen LogP contribution is -2.48. The van der Waals surface area contributed by atoms with Crippen LogP contribution in [0.4, 0.5) is 0 Å². The number of aliphatic hydroxyl groups is 4. The summed E-state index contributed by atoms with van der Waals surface area (Å²) in [5.74, 6) is 0. The van der Waals surface area contributed by atoms with E-state index in [1.54, 1.807) is 6.92 Å². The molecule has 3 unspecified atom stereocenters. The summed E-state index contributed by atoms with van der Waals surface area (Å²) in [5, 5.41) is 37.5. The zero-order valence-corrected chi connectivity index (χ0v) is 8.77. The van der Waals surface area contributed by atoms with Crippen LogP contribution in [0.5, 0.6) is 0 Å². The molecule has 0 aromatic heterocycles. The van der Waals surface area contributed by atoms with E-state index in [9.17, 15) is 15.3 Å². The molecule has 0 aliphatic rings. The van der Waals surface area contributed by atoms with Gasteiger partial charge < -0.3 is 26.2 Å². The molecule has 0 aromatic carbocycles. The van der Waals surface area contributed by atoms with Gasteiger partial charge in [-0.05, 0) is 26.8 Å². The Hall–Kier alpha value is -0.200. The van der Waals surface area contributed by atoms with Crippen molar-refractivity contribution in [1.29, 1.82) is 0 Å². The summed E-state index contributed by atoms with van der Waals surface area (Å²) in [6.07, 6.45) is -0.952. The van der Waals surface area contributed by atoms with Crippen LogP contribution in [0.15, 0.2) is 0 Å². The van der Waals surface area contributed by atoms with Crippen molar-refractivity contribution in [2.24, 2.45) is 5.73 Å². The van der Waals surface area contributed by atoms with Gasteiger partial charge in [-0.15, -0.1) is 0 Å². The predicted octanol–water partition coefficient (Wildman–Crippen LogP) is -1.42. The van der Waals surface area contributed by atoms with Crippen LogP contribution in [0.2, 0.25) is 0 Å². The highest BCUT2D eigenvalue weighted by Crippen LogP contribution is 2.25. The Morgan fingerprint density at radius 2 is 1.79 bits per heavy atom. The van der Waals surface area contributed by atoms with E-state index in [1.807, 2.05) is 0 Å². The molecule has 5 nitrogen and oxygen atoms in total. The van der Waals surface area contributed by atoms with Crippen LogP contribution in [-0.2, 0) is 0 Å². The summed E-state index contributed by atoms with van der Waals surface area (Å²) in [6.45, 7) is 2.68. The Morgan fingerprint density at radius 1 is 1.29 bits per heavy atom. The molecule has 0 bridgehead atoms. The van der Waals surface area contributed by atoms with Crippen LogP contribution in [-0.4, -0.2) is 50.9 Å². The fourth-order valence-corrected chi connectivity index (χ4v) is 1.48. The lowest BCUT2D eigenvalue weighted by Gasteiger charge is -2.35. The van der Waals surface area contributed by atoms with Gasteiger partial charge in [0.05, 0.1) is 17.8 Å². The van der Waals surface area contributed by atoms with Crippen molar-refractivity contribution in [2.75, 3.05) is 13.2 Å². The summed E-state index contributed by atoms with van der Waals surface area (Å²) in [4.78, 5) is 0. The maximum atomic E-state index is 9.76. The maximum Gasteiger partial charge on any atom is 0.105 e. The predicted molar refractivity (Wildman–Crippen MR) is 52.6 cm³/mol. The highest BCUT2D eigenvalue weighted by atomic mass is 16.4. The van der Waals surface area contributed by atoms with Crippen molar-refractivity contribution in [3.05, 3.63) is 0 Å². The molecule has 0 aromatic rings. The largest absolute Gasteiger partial charge is 0.394 e. The Kier molecular flexibility index (Phi) is 4.97. The minimum absolute atomic E-state index is 0.0288. The number of rotatable bonds is 6. The van der Waals surface area contributed by atoms with Gasteiger partial charge in [0.2, 0.25) is 0 Å². The standard InChI is InChI=1S/C9H21NO4/c1-8(13,3-4-10)6-9(2,14)7(12)5-11/h7,11-14H,3-6,10H2,1-2H3. The Morgan fingerprint density at radius 3 is 2.14 bits per heavy atom. The van der Waals surface area contributed by atoms with Gasteiger partial charge in [-0.25, -0.2) is 0 Å². The molecule has 6 N–H and O–H groups in total. The average molecular weight is 207 g/mol. The first-order chi connectivity index (χ1) is 6.25. The van der Waals surface area contributed by atoms with E-state index in [1.165, 1.54) is 6.92 Å².